The monoisotopic (exact) mass is 395 g/mol. The maximum atomic E-state index is 13.0. The molecular weight excluding hydrogens is 370 g/mol. The number of piperidine rings is 1. The topological polar surface area (TPSA) is 106 Å². The number of rotatable bonds is 4. The van der Waals surface area contributed by atoms with Crippen LogP contribution in [0.5, 0.6) is 5.75 Å². The minimum atomic E-state index is -0.609. The summed E-state index contributed by atoms with van der Waals surface area (Å²) in [6.45, 7) is 2.61. The molecule has 0 saturated carbocycles. The van der Waals surface area contributed by atoms with Crippen LogP contribution in [0.3, 0.4) is 0 Å². The summed E-state index contributed by atoms with van der Waals surface area (Å²) in [5.41, 5.74) is 7.71. The summed E-state index contributed by atoms with van der Waals surface area (Å²) >= 11 is 6.22. The molecule has 4 rings (SSSR count). The summed E-state index contributed by atoms with van der Waals surface area (Å²) in [5.74, 6) is 0.176. The predicted octanol–water partition coefficient (Wildman–Crippen LogP) is 1.10. The lowest BCUT2D eigenvalue weighted by Crippen LogP contribution is -2.55. The molecule has 3 heterocycles. The molecule has 3 aliphatic heterocycles. The number of anilines is 1. The number of nitrogens with one attached hydrogen (secondary N) is 2. The molecule has 0 bridgehead atoms. The summed E-state index contributed by atoms with van der Waals surface area (Å²) in [6, 6.07) is 1.43. The Hall–Kier alpha value is -1.54. The second-order valence-electron chi connectivity index (χ2n) is 7.50. The van der Waals surface area contributed by atoms with Crippen molar-refractivity contribution in [2.24, 2.45) is 5.92 Å². The Labute approximate surface area is 163 Å². The molecule has 1 aromatic carbocycles. The van der Waals surface area contributed by atoms with Gasteiger partial charge in [0.2, 0.25) is 0 Å². The zero-order valence-corrected chi connectivity index (χ0v) is 15.9. The molecule has 0 aromatic heterocycles. The first-order valence-electron chi connectivity index (χ1n) is 9.61. The summed E-state index contributed by atoms with van der Waals surface area (Å²) in [6.07, 6.45) is 2.44. The van der Waals surface area contributed by atoms with E-state index in [-0.39, 0.29) is 24.0 Å². The Morgan fingerprint density at radius 2 is 2.26 bits per heavy atom. The molecule has 0 radical (unpaired) electrons. The molecule has 2 fully saturated rings. The van der Waals surface area contributed by atoms with Gasteiger partial charge in [-0.15, -0.1) is 0 Å². The first-order chi connectivity index (χ1) is 13.1. The number of fused-ring (bicyclic) bond motifs is 1. The normalized spacial score (nSPS) is 28.4. The summed E-state index contributed by atoms with van der Waals surface area (Å²) in [5, 5.41) is 17.6. The zero-order chi connectivity index (χ0) is 19.0. The van der Waals surface area contributed by atoms with Crippen molar-refractivity contribution in [3.05, 3.63) is 22.2 Å². The summed E-state index contributed by atoms with van der Waals surface area (Å²) < 4.78 is 11.3. The quantitative estimate of drug-likeness (QED) is 0.569. The number of hydrogen-bond acceptors (Lipinski definition) is 6. The molecule has 3 aliphatic rings. The first-order valence-corrected chi connectivity index (χ1v) is 9.99. The number of ether oxygens (including phenoxy) is 2. The van der Waals surface area contributed by atoms with E-state index in [0.717, 1.165) is 31.4 Å². The van der Waals surface area contributed by atoms with Gasteiger partial charge in [-0.3, -0.25) is 4.79 Å². The highest BCUT2D eigenvalue weighted by Crippen LogP contribution is 2.39. The van der Waals surface area contributed by atoms with Crippen molar-refractivity contribution in [2.45, 2.75) is 43.9 Å². The van der Waals surface area contributed by atoms with Crippen molar-refractivity contribution in [3.8, 4) is 5.75 Å². The Balaban J connectivity index is 1.53. The second-order valence-corrected chi connectivity index (χ2v) is 7.91. The summed E-state index contributed by atoms with van der Waals surface area (Å²) in [4.78, 5) is 13.0. The average Bonchev–Trinajstić information content (AvgIpc) is 3.36. The van der Waals surface area contributed by atoms with Gasteiger partial charge in [0.1, 0.15) is 5.75 Å². The van der Waals surface area contributed by atoms with Crippen molar-refractivity contribution in [1.82, 2.24) is 10.6 Å². The molecule has 1 aromatic rings. The number of aliphatic hydroxyl groups is 1. The molecule has 4 atom stereocenters. The van der Waals surface area contributed by atoms with Gasteiger partial charge in [0.05, 0.1) is 35.1 Å². The van der Waals surface area contributed by atoms with Crippen LogP contribution >= 0.6 is 11.6 Å². The minimum absolute atomic E-state index is 0.107. The van der Waals surface area contributed by atoms with Gasteiger partial charge >= 0.3 is 0 Å². The standard InChI is InChI=1S/C19H26ClN3O4/c20-13-8-11(18-10(16(13)21)4-7-27-18)19(25)23-14-3-5-22-9-12(14)17(24)15-2-1-6-26-15/h8,12,14-15,17,22,24H,1-7,9,21H2,(H,23,25). The van der Waals surface area contributed by atoms with Gasteiger partial charge in [0.25, 0.3) is 5.91 Å². The number of carbonyl (C=O) groups is 1. The van der Waals surface area contributed by atoms with Crippen LogP contribution in [0.25, 0.3) is 0 Å². The number of amides is 1. The molecule has 7 nitrogen and oxygen atoms in total. The SMILES string of the molecule is Nc1c(Cl)cc(C(=O)NC2CCNCC2C(O)C2CCCO2)c2c1CCO2. The molecule has 4 unspecified atom stereocenters. The average molecular weight is 396 g/mol. The van der Waals surface area contributed by atoms with E-state index in [2.05, 4.69) is 10.6 Å². The number of aliphatic hydroxyl groups excluding tert-OH is 1. The Kier molecular flexibility index (Phi) is 5.45. The Bertz CT molecular complexity index is 723. The van der Waals surface area contributed by atoms with Crippen LogP contribution in [0.4, 0.5) is 5.69 Å². The van der Waals surface area contributed by atoms with Crippen LogP contribution < -0.4 is 21.1 Å². The highest BCUT2D eigenvalue weighted by atomic mass is 35.5. The highest BCUT2D eigenvalue weighted by molar-refractivity contribution is 6.33. The van der Waals surface area contributed by atoms with E-state index in [1.54, 1.807) is 6.07 Å². The van der Waals surface area contributed by atoms with Crippen molar-refractivity contribution in [2.75, 3.05) is 32.0 Å². The van der Waals surface area contributed by atoms with E-state index >= 15 is 0 Å². The molecule has 8 heteroatoms. The Morgan fingerprint density at radius 3 is 3.04 bits per heavy atom. The molecule has 0 aliphatic carbocycles. The van der Waals surface area contributed by atoms with Gasteiger partial charge in [-0.25, -0.2) is 0 Å². The van der Waals surface area contributed by atoms with E-state index in [9.17, 15) is 9.90 Å². The maximum absolute atomic E-state index is 13.0. The molecule has 27 heavy (non-hydrogen) atoms. The van der Waals surface area contributed by atoms with Crippen molar-refractivity contribution >= 4 is 23.2 Å². The van der Waals surface area contributed by atoms with Crippen molar-refractivity contribution in [3.63, 3.8) is 0 Å². The molecule has 5 N–H and O–H groups in total. The Morgan fingerprint density at radius 1 is 1.41 bits per heavy atom. The lowest BCUT2D eigenvalue weighted by Gasteiger charge is -2.37. The molecular formula is C19H26ClN3O4. The number of nitrogens with two attached hydrogens (primary N) is 1. The lowest BCUT2D eigenvalue weighted by atomic mass is 9.85. The third kappa shape index (κ3) is 3.61. The van der Waals surface area contributed by atoms with Gasteiger partial charge in [0, 0.05) is 37.1 Å². The largest absolute Gasteiger partial charge is 0.492 e. The van der Waals surface area contributed by atoms with Crippen LogP contribution in [0, 0.1) is 5.92 Å². The van der Waals surface area contributed by atoms with Crippen LogP contribution in [-0.4, -0.2) is 55.6 Å². The predicted molar refractivity (Wildman–Crippen MR) is 102 cm³/mol. The van der Waals surface area contributed by atoms with Crippen molar-refractivity contribution in [1.29, 1.82) is 0 Å². The van der Waals surface area contributed by atoms with Gasteiger partial charge in [-0.2, -0.15) is 0 Å². The lowest BCUT2D eigenvalue weighted by molar-refractivity contribution is -0.0441. The van der Waals surface area contributed by atoms with E-state index in [4.69, 9.17) is 26.8 Å². The fraction of sp³-hybridized carbons (Fsp3) is 0.632. The van der Waals surface area contributed by atoms with E-state index < -0.39 is 6.10 Å². The van der Waals surface area contributed by atoms with E-state index in [1.807, 2.05) is 0 Å². The third-order valence-corrected chi connectivity index (χ3v) is 6.16. The fourth-order valence-corrected chi connectivity index (χ4v) is 4.57. The maximum Gasteiger partial charge on any atom is 0.255 e. The van der Waals surface area contributed by atoms with Crippen LogP contribution in [0.2, 0.25) is 5.02 Å². The van der Waals surface area contributed by atoms with Gasteiger partial charge in [-0.1, -0.05) is 11.6 Å². The highest BCUT2D eigenvalue weighted by Gasteiger charge is 2.38. The third-order valence-electron chi connectivity index (χ3n) is 5.85. The molecule has 2 saturated heterocycles. The number of benzene rings is 1. The number of hydrogen-bond donors (Lipinski definition) is 4. The fourth-order valence-electron chi connectivity index (χ4n) is 4.35. The van der Waals surface area contributed by atoms with Crippen LogP contribution in [0.1, 0.15) is 35.2 Å². The molecule has 148 valence electrons. The van der Waals surface area contributed by atoms with Gasteiger partial charge < -0.3 is 30.9 Å². The second kappa shape index (κ2) is 7.83. The van der Waals surface area contributed by atoms with Gasteiger partial charge in [-0.05, 0) is 31.9 Å². The van der Waals surface area contributed by atoms with E-state index in [0.29, 0.717) is 48.2 Å². The first kappa shape index (κ1) is 18.8. The number of carbonyl (C=O) groups excluding carboxylic acids is 1. The number of halogens is 1. The smallest absolute Gasteiger partial charge is 0.255 e. The van der Waals surface area contributed by atoms with E-state index in [1.165, 1.54) is 0 Å². The summed E-state index contributed by atoms with van der Waals surface area (Å²) in [7, 11) is 0. The van der Waals surface area contributed by atoms with Crippen molar-refractivity contribution < 1.29 is 19.4 Å². The zero-order valence-electron chi connectivity index (χ0n) is 15.2. The molecule has 1 amide bonds. The molecule has 0 spiro atoms. The van der Waals surface area contributed by atoms with Gasteiger partial charge in [0.15, 0.2) is 0 Å². The number of nitrogen functional groups attached to an aromatic ring is 1. The minimum Gasteiger partial charge on any atom is -0.492 e. The van der Waals surface area contributed by atoms with Crippen LogP contribution in [0.15, 0.2) is 6.07 Å². The van der Waals surface area contributed by atoms with Crippen LogP contribution in [-0.2, 0) is 11.2 Å².